The molecule has 1 amide bonds. The Morgan fingerprint density at radius 1 is 1.17 bits per heavy atom. The van der Waals surface area contributed by atoms with Crippen molar-refractivity contribution in [3.8, 4) is 0 Å². The highest BCUT2D eigenvalue weighted by molar-refractivity contribution is 6.07. The summed E-state index contributed by atoms with van der Waals surface area (Å²) in [4.78, 5) is 31.9. The van der Waals surface area contributed by atoms with Crippen LogP contribution >= 0.6 is 0 Å². The van der Waals surface area contributed by atoms with Crippen LogP contribution in [0.15, 0.2) is 6.07 Å². The Bertz CT molecular complexity index is 984. The second kappa shape index (κ2) is 6.82. The van der Waals surface area contributed by atoms with Crippen LogP contribution in [0.3, 0.4) is 0 Å². The normalized spacial score (nSPS) is 22.9. The Kier molecular flexibility index (Phi) is 4.67. The van der Waals surface area contributed by atoms with E-state index >= 15 is 0 Å². The second-order valence-electron chi connectivity index (χ2n) is 9.65. The second-order valence-corrected chi connectivity index (χ2v) is 9.65. The lowest BCUT2D eigenvalue weighted by Gasteiger charge is -2.36. The number of carboxylic acid groups (broad SMARTS) is 1. The molecule has 2 aromatic rings. The van der Waals surface area contributed by atoms with E-state index in [0.29, 0.717) is 24.3 Å². The van der Waals surface area contributed by atoms with E-state index in [1.54, 1.807) is 4.90 Å². The number of carboxylic acids is 1. The number of amides is 1. The van der Waals surface area contributed by atoms with E-state index in [1.165, 1.54) is 0 Å². The third-order valence-corrected chi connectivity index (χ3v) is 6.19. The number of piperidine rings is 1. The summed E-state index contributed by atoms with van der Waals surface area (Å²) in [7, 11) is 0. The van der Waals surface area contributed by atoms with Crippen LogP contribution in [0.2, 0.25) is 0 Å². The maximum atomic E-state index is 13.7. The van der Waals surface area contributed by atoms with Crippen molar-refractivity contribution >= 4 is 22.9 Å². The van der Waals surface area contributed by atoms with Gasteiger partial charge in [-0.2, -0.15) is 5.10 Å². The Balaban J connectivity index is 1.85. The Labute approximate surface area is 171 Å². The number of nitrogens with zero attached hydrogens (tertiary/aromatic N) is 4. The van der Waals surface area contributed by atoms with E-state index in [1.807, 2.05) is 24.6 Å². The molecule has 1 aliphatic heterocycles. The third kappa shape index (κ3) is 3.51. The number of pyridine rings is 1. The summed E-state index contributed by atoms with van der Waals surface area (Å²) < 4.78 is 1.92. The summed E-state index contributed by atoms with van der Waals surface area (Å²) in [6, 6.07) is 1.95. The van der Waals surface area contributed by atoms with Crippen LogP contribution < -0.4 is 0 Å². The van der Waals surface area contributed by atoms with Gasteiger partial charge < -0.3 is 10.0 Å². The van der Waals surface area contributed by atoms with Crippen molar-refractivity contribution in [1.29, 1.82) is 0 Å². The summed E-state index contributed by atoms with van der Waals surface area (Å²) in [6.45, 7) is 10.4. The molecular formula is C22H30N4O3. The summed E-state index contributed by atoms with van der Waals surface area (Å²) in [5.74, 6) is -1.03. The van der Waals surface area contributed by atoms with Gasteiger partial charge in [-0.15, -0.1) is 0 Å². The van der Waals surface area contributed by atoms with E-state index in [0.717, 1.165) is 35.3 Å². The molecular weight excluding hydrogens is 368 g/mol. The lowest BCUT2D eigenvalue weighted by atomic mass is 9.92. The van der Waals surface area contributed by atoms with E-state index in [4.69, 9.17) is 10.1 Å². The molecule has 0 spiro atoms. The van der Waals surface area contributed by atoms with Gasteiger partial charge in [-0.05, 0) is 66.4 Å². The number of likely N-dealkylation sites (tertiary alicyclic amines) is 1. The van der Waals surface area contributed by atoms with Gasteiger partial charge in [0.15, 0.2) is 5.65 Å². The predicted octanol–water partition coefficient (Wildman–Crippen LogP) is 3.70. The molecule has 1 aliphatic carbocycles. The number of aromatic nitrogens is 3. The van der Waals surface area contributed by atoms with Gasteiger partial charge in [0.05, 0.1) is 28.1 Å². The van der Waals surface area contributed by atoms with Crippen molar-refractivity contribution in [3.05, 3.63) is 23.0 Å². The number of fused-ring (bicyclic) bond motifs is 1. The van der Waals surface area contributed by atoms with Crippen LogP contribution in [-0.2, 0) is 10.3 Å². The molecule has 156 valence electrons. The molecule has 2 aromatic heterocycles. The third-order valence-electron chi connectivity index (χ3n) is 6.19. The first-order valence-corrected chi connectivity index (χ1v) is 10.5. The molecule has 3 heterocycles. The van der Waals surface area contributed by atoms with Crippen LogP contribution in [0.1, 0.15) is 81.0 Å². The zero-order chi connectivity index (χ0) is 21.1. The van der Waals surface area contributed by atoms with Gasteiger partial charge >= 0.3 is 5.97 Å². The van der Waals surface area contributed by atoms with Crippen LogP contribution in [0.25, 0.3) is 11.0 Å². The molecule has 1 N–H and O–H groups in total. The maximum Gasteiger partial charge on any atom is 0.308 e. The average Bonchev–Trinajstić information content (AvgIpc) is 3.43. The maximum absolute atomic E-state index is 13.7. The molecule has 2 unspecified atom stereocenters. The zero-order valence-corrected chi connectivity index (χ0v) is 17.9. The summed E-state index contributed by atoms with van der Waals surface area (Å²) >= 11 is 0. The molecule has 7 nitrogen and oxygen atoms in total. The number of hydrogen-bond donors (Lipinski definition) is 1. The lowest BCUT2D eigenvalue weighted by Crippen LogP contribution is -2.47. The lowest BCUT2D eigenvalue weighted by molar-refractivity contribution is -0.143. The highest BCUT2D eigenvalue weighted by Crippen LogP contribution is 2.41. The zero-order valence-electron chi connectivity index (χ0n) is 17.9. The highest BCUT2D eigenvalue weighted by Gasteiger charge is 2.36. The topological polar surface area (TPSA) is 88.3 Å². The summed E-state index contributed by atoms with van der Waals surface area (Å²) in [6.07, 6.45) is 3.50. The number of hydrogen-bond acceptors (Lipinski definition) is 4. The van der Waals surface area contributed by atoms with Crippen LogP contribution in [-0.4, -0.2) is 49.2 Å². The minimum Gasteiger partial charge on any atom is -0.481 e. The summed E-state index contributed by atoms with van der Waals surface area (Å²) in [5.41, 5.74) is 2.85. The number of rotatable bonds is 3. The fourth-order valence-corrected chi connectivity index (χ4v) is 4.28. The molecule has 2 fully saturated rings. The number of aliphatic carboxylic acids is 1. The molecule has 7 heteroatoms. The Hall–Kier alpha value is -2.44. The van der Waals surface area contributed by atoms with Crippen molar-refractivity contribution in [2.75, 3.05) is 6.54 Å². The fraction of sp³-hybridized carbons (Fsp3) is 0.636. The SMILES string of the molecule is Cc1nn(C(C)(C)C)c2nc(C3CC3)cc(C(=O)N3CC(C(=O)O)CCC3C)c12. The molecule has 29 heavy (non-hydrogen) atoms. The molecule has 0 aromatic carbocycles. The fourth-order valence-electron chi connectivity index (χ4n) is 4.28. The van der Waals surface area contributed by atoms with Gasteiger partial charge in [0.2, 0.25) is 0 Å². The van der Waals surface area contributed by atoms with Gasteiger partial charge in [0.25, 0.3) is 5.91 Å². The van der Waals surface area contributed by atoms with Gasteiger partial charge in [-0.1, -0.05) is 0 Å². The van der Waals surface area contributed by atoms with Crippen molar-refractivity contribution in [3.63, 3.8) is 0 Å². The molecule has 4 rings (SSSR count). The van der Waals surface area contributed by atoms with Crippen molar-refractivity contribution in [2.24, 2.45) is 5.92 Å². The van der Waals surface area contributed by atoms with E-state index in [-0.39, 0.29) is 24.0 Å². The Morgan fingerprint density at radius 3 is 2.45 bits per heavy atom. The number of carbonyl (C=O) groups is 2. The Morgan fingerprint density at radius 2 is 1.86 bits per heavy atom. The smallest absolute Gasteiger partial charge is 0.308 e. The largest absolute Gasteiger partial charge is 0.481 e. The standard InChI is InChI=1S/C22H30N4O3/c1-12-6-7-15(21(28)29)11-25(12)20(27)16-10-17(14-8-9-14)23-19-18(16)13(2)24-26(19)22(3,4)5/h10,12,14-15H,6-9,11H2,1-5H3,(H,28,29). The van der Waals surface area contributed by atoms with Crippen LogP contribution in [0.5, 0.6) is 0 Å². The first kappa shape index (κ1) is 19.9. The average molecular weight is 399 g/mol. The number of carbonyl (C=O) groups excluding carboxylic acids is 1. The van der Waals surface area contributed by atoms with Crippen molar-refractivity contribution in [1.82, 2.24) is 19.7 Å². The molecule has 2 atom stereocenters. The molecule has 0 radical (unpaired) electrons. The molecule has 0 bridgehead atoms. The van der Waals surface area contributed by atoms with Crippen LogP contribution in [0.4, 0.5) is 0 Å². The van der Waals surface area contributed by atoms with E-state index < -0.39 is 11.9 Å². The van der Waals surface area contributed by atoms with Gasteiger partial charge in [-0.25, -0.2) is 9.67 Å². The predicted molar refractivity (Wildman–Crippen MR) is 110 cm³/mol. The minimum atomic E-state index is -0.829. The van der Waals surface area contributed by atoms with E-state index in [2.05, 4.69) is 20.8 Å². The first-order chi connectivity index (χ1) is 13.6. The van der Waals surface area contributed by atoms with Crippen LogP contribution in [0, 0.1) is 12.8 Å². The summed E-state index contributed by atoms with van der Waals surface area (Å²) in [5, 5.41) is 15.0. The van der Waals surface area contributed by atoms with Gasteiger partial charge in [0.1, 0.15) is 0 Å². The quantitative estimate of drug-likeness (QED) is 0.852. The van der Waals surface area contributed by atoms with Gasteiger partial charge in [0, 0.05) is 24.2 Å². The highest BCUT2D eigenvalue weighted by atomic mass is 16.4. The first-order valence-electron chi connectivity index (χ1n) is 10.5. The molecule has 1 saturated carbocycles. The number of aryl methyl sites for hydroxylation is 1. The molecule has 1 saturated heterocycles. The molecule has 2 aliphatic rings. The monoisotopic (exact) mass is 398 g/mol. The minimum absolute atomic E-state index is 0.0173. The van der Waals surface area contributed by atoms with Gasteiger partial charge in [-0.3, -0.25) is 9.59 Å². The van der Waals surface area contributed by atoms with E-state index in [9.17, 15) is 14.7 Å². The van der Waals surface area contributed by atoms with Crippen molar-refractivity contribution in [2.45, 2.75) is 77.8 Å². The van der Waals surface area contributed by atoms with Crippen molar-refractivity contribution < 1.29 is 14.7 Å².